The highest BCUT2D eigenvalue weighted by atomic mass is 16.4. The van der Waals surface area contributed by atoms with Gasteiger partial charge in [-0.3, -0.25) is 14.6 Å². The van der Waals surface area contributed by atoms with E-state index in [0.29, 0.717) is 59.3 Å². The van der Waals surface area contributed by atoms with Crippen LogP contribution in [0.5, 0.6) is 0 Å². The maximum atomic E-state index is 13.8. The fourth-order valence-corrected chi connectivity index (χ4v) is 6.65. The van der Waals surface area contributed by atoms with Crippen LogP contribution in [-0.4, -0.2) is 75.0 Å². The molecule has 0 aromatic heterocycles. The highest BCUT2D eigenvalue weighted by Crippen LogP contribution is 2.42. The molecule has 2 aromatic carbocycles. The summed E-state index contributed by atoms with van der Waals surface area (Å²) in [5.74, 6) is -2.37. The summed E-state index contributed by atoms with van der Waals surface area (Å²) >= 11 is 0. The van der Waals surface area contributed by atoms with Crippen LogP contribution < -0.4 is 0 Å². The molecule has 0 heterocycles. The van der Waals surface area contributed by atoms with Crippen molar-refractivity contribution in [2.75, 3.05) is 13.1 Å². The van der Waals surface area contributed by atoms with Crippen LogP contribution in [0.2, 0.25) is 0 Å². The molecular weight excluding hydrogens is 528 g/mol. The average molecular weight is 579 g/mol. The third-order valence-corrected chi connectivity index (χ3v) is 8.61. The Labute approximate surface area is 251 Å². The molecule has 0 aliphatic heterocycles. The molecule has 0 amide bonds. The molecule has 3 rings (SSSR count). The van der Waals surface area contributed by atoms with Gasteiger partial charge in [0, 0.05) is 35.3 Å². The first-order valence-electron chi connectivity index (χ1n) is 15.6. The van der Waals surface area contributed by atoms with E-state index in [9.17, 15) is 24.6 Å². The van der Waals surface area contributed by atoms with Gasteiger partial charge in [0.1, 0.15) is 0 Å². The van der Waals surface area contributed by atoms with E-state index >= 15 is 0 Å². The summed E-state index contributed by atoms with van der Waals surface area (Å²) < 4.78 is 0. The van der Waals surface area contributed by atoms with Crippen molar-refractivity contribution in [3.63, 3.8) is 0 Å². The topological polar surface area (TPSA) is 98.2 Å². The number of ketones is 1. The molecule has 230 valence electrons. The molecule has 42 heavy (non-hydrogen) atoms. The van der Waals surface area contributed by atoms with Gasteiger partial charge in [-0.25, -0.2) is 9.59 Å². The number of fused-ring (bicyclic) bond motifs is 3. The van der Waals surface area contributed by atoms with Crippen molar-refractivity contribution in [2.24, 2.45) is 0 Å². The van der Waals surface area contributed by atoms with Gasteiger partial charge in [-0.15, -0.1) is 0 Å². The molecule has 0 saturated carbocycles. The van der Waals surface area contributed by atoms with Crippen molar-refractivity contribution in [3.8, 4) is 11.1 Å². The molecule has 2 aromatic rings. The van der Waals surface area contributed by atoms with E-state index in [4.69, 9.17) is 0 Å². The van der Waals surface area contributed by atoms with Crippen LogP contribution in [0, 0.1) is 0 Å². The average Bonchev–Trinajstić information content (AvgIpc) is 3.17. The first kappa shape index (κ1) is 33.5. The lowest BCUT2D eigenvalue weighted by Crippen LogP contribution is -2.37. The summed E-state index contributed by atoms with van der Waals surface area (Å²) in [4.78, 5) is 43.1. The van der Waals surface area contributed by atoms with Crippen molar-refractivity contribution in [3.05, 3.63) is 57.6 Å². The molecule has 0 saturated heterocycles. The van der Waals surface area contributed by atoms with Gasteiger partial charge in [-0.2, -0.15) is 0 Å². The van der Waals surface area contributed by atoms with Crippen LogP contribution in [-0.2, 0) is 12.8 Å². The van der Waals surface area contributed by atoms with E-state index in [2.05, 4.69) is 65.2 Å². The monoisotopic (exact) mass is 578 g/mol. The first-order chi connectivity index (χ1) is 19.8. The van der Waals surface area contributed by atoms with E-state index in [1.165, 1.54) is 12.1 Å². The number of rotatable bonds is 16. The number of unbranched alkanes of at least 4 members (excludes halogenated alkanes) is 2. The standard InChI is InChI=1S/C35H50N2O5/c1-21(2)36(22(3)4)17-11-9-13-25-19-29-27-16-15-26(34(39)40)20-30(27)33(38)32(29)28(31(25)35(41)42)14-10-12-18-37(23(5)6)24(7)8/h15-16,19-24H,9-14,17-18H2,1-8H3,(H,39,40)(H,41,42). The molecule has 2 N–H and O–H groups in total. The number of nitrogens with zero attached hydrogens (tertiary/aromatic N) is 2. The minimum Gasteiger partial charge on any atom is -0.478 e. The van der Waals surface area contributed by atoms with Gasteiger partial charge in [0.25, 0.3) is 0 Å². The molecule has 7 heteroatoms. The SMILES string of the molecule is CC(C)N(CCCCc1cc2c(c(CCCCN(C(C)C)C(C)C)c1C(=O)O)C(=O)c1cc(C(=O)O)ccc1-2)C(C)C. The van der Waals surface area contributed by atoms with Crippen LogP contribution in [0.4, 0.5) is 0 Å². The van der Waals surface area contributed by atoms with Gasteiger partial charge >= 0.3 is 11.9 Å². The quantitative estimate of drug-likeness (QED) is 0.174. The summed E-state index contributed by atoms with van der Waals surface area (Å²) in [5.41, 5.74) is 3.86. The summed E-state index contributed by atoms with van der Waals surface area (Å²) in [6, 6.07) is 8.23. The minimum atomic E-state index is -1.09. The lowest BCUT2D eigenvalue weighted by atomic mass is 9.86. The number of aromatic carboxylic acids is 2. The number of aryl methyl sites for hydroxylation is 1. The summed E-state index contributed by atoms with van der Waals surface area (Å²) in [5, 5.41) is 20.0. The Bertz CT molecular complexity index is 1280. The predicted molar refractivity (Wildman–Crippen MR) is 169 cm³/mol. The van der Waals surface area contributed by atoms with Gasteiger partial charge in [-0.1, -0.05) is 6.07 Å². The highest BCUT2D eigenvalue weighted by molar-refractivity contribution is 6.24. The van der Waals surface area contributed by atoms with Crippen molar-refractivity contribution >= 4 is 17.7 Å². The third kappa shape index (κ3) is 7.48. The zero-order chi connectivity index (χ0) is 31.3. The number of carbonyl (C=O) groups is 3. The summed E-state index contributed by atoms with van der Waals surface area (Å²) in [6.07, 6.45) is 4.52. The molecule has 1 aliphatic rings. The predicted octanol–water partition coefficient (Wildman–Crippen LogP) is 7.18. The van der Waals surface area contributed by atoms with Crippen LogP contribution in [0.15, 0.2) is 24.3 Å². The molecular formula is C35H50N2O5. The Balaban J connectivity index is 1.99. The largest absolute Gasteiger partial charge is 0.478 e. The second-order valence-corrected chi connectivity index (χ2v) is 12.8. The third-order valence-electron chi connectivity index (χ3n) is 8.61. The van der Waals surface area contributed by atoms with Crippen molar-refractivity contribution in [1.82, 2.24) is 9.80 Å². The fourth-order valence-electron chi connectivity index (χ4n) is 6.65. The smallest absolute Gasteiger partial charge is 0.336 e. The van der Waals surface area contributed by atoms with E-state index in [1.54, 1.807) is 6.07 Å². The molecule has 0 bridgehead atoms. The molecule has 0 atom stereocenters. The number of carboxylic acid groups (broad SMARTS) is 2. The van der Waals surface area contributed by atoms with E-state index in [1.807, 2.05) is 6.07 Å². The fraction of sp³-hybridized carbons (Fsp3) is 0.571. The number of hydrogen-bond acceptors (Lipinski definition) is 5. The van der Waals surface area contributed by atoms with Crippen molar-refractivity contribution < 1.29 is 24.6 Å². The van der Waals surface area contributed by atoms with Crippen molar-refractivity contribution in [1.29, 1.82) is 0 Å². The Hall–Kier alpha value is -3.03. The maximum Gasteiger partial charge on any atom is 0.336 e. The van der Waals surface area contributed by atoms with E-state index < -0.39 is 11.9 Å². The Morgan fingerprint density at radius 2 is 1.19 bits per heavy atom. The molecule has 1 aliphatic carbocycles. The van der Waals surface area contributed by atoms with Gasteiger partial charge in [-0.05, 0) is 147 Å². The Morgan fingerprint density at radius 3 is 1.67 bits per heavy atom. The number of carboxylic acids is 2. The van der Waals surface area contributed by atoms with Crippen LogP contribution in [0.1, 0.15) is 129 Å². The summed E-state index contributed by atoms with van der Waals surface area (Å²) in [7, 11) is 0. The summed E-state index contributed by atoms with van der Waals surface area (Å²) in [6.45, 7) is 19.4. The minimum absolute atomic E-state index is 0.0532. The molecule has 0 fully saturated rings. The zero-order valence-electron chi connectivity index (χ0n) is 26.8. The number of benzene rings is 2. The van der Waals surface area contributed by atoms with Gasteiger partial charge < -0.3 is 10.2 Å². The second kappa shape index (κ2) is 14.4. The number of hydrogen-bond donors (Lipinski definition) is 2. The zero-order valence-corrected chi connectivity index (χ0v) is 26.8. The lowest BCUT2D eigenvalue weighted by molar-refractivity contribution is 0.0684. The second-order valence-electron chi connectivity index (χ2n) is 12.8. The molecule has 0 spiro atoms. The number of carbonyl (C=O) groups excluding carboxylic acids is 1. The Kier molecular flexibility index (Phi) is 11.5. The van der Waals surface area contributed by atoms with Gasteiger partial charge in [0.15, 0.2) is 5.78 Å². The maximum absolute atomic E-state index is 13.8. The molecule has 0 unspecified atom stereocenters. The molecule has 0 radical (unpaired) electrons. The Morgan fingerprint density at radius 1 is 0.667 bits per heavy atom. The lowest BCUT2D eigenvalue weighted by Gasteiger charge is -2.30. The van der Waals surface area contributed by atoms with E-state index in [-0.39, 0.29) is 16.9 Å². The highest BCUT2D eigenvalue weighted by Gasteiger charge is 2.34. The van der Waals surface area contributed by atoms with Crippen LogP contribution in [0.3, 0.4) is 0 Å². The van der Waals surface area contributed by atoms with Crippen LogP contribution >= 0.6 is 0 Å². The normalized spacial score (nSPS) is 12.9. The first-order valence-corrected chi connectivity index (χ1v) is 15.6. The van der Waals surface area contributed by atoms with Crippen LogP contribution in [0.25, 0.3) is 11.1 Å². The van der Waals surface area contributed by atoms with E-state index in [0.717, 1.165) is 49.9 Å². The van der Waals surface area contributed by atoms with Crippen molar-refractivity contribution in [2.45, 2.75) is 118 Å². The van der Waals surface area contributed by atoms with Gasteiger partial charge in [0.05, 0.1) is 11.1 Å². The van der Waals surface area contributed by atoms with Gasteiger partial charge in [0.2, 0.25) is 0 Å². The molecule has 7 nitrogen and oxygen atoms in total.